The van der Waals surface area contributed by atoms with E-state index in [0.717, 1.165) is 0 Å². The van der Waals surface area contributed by atoms with Gasteiger partial charge in [-0.05, 0) is 12.8 Å². The van der Waals surface area contributed by atoms with Crippen LogP contribution >= 0.6 is 0 Å². The minimum absolute atomic E-state index is 0.368. The summed E-state index contributed by atoms with van der Waals surface area (Å²) < 4.78 is 83.7. The number of nitrogens with one attached hydrogen (secondary N) is 1. The van der Waals surface area contributed by atoms with Crippen LogP contribution in [0.2, 0.25) is 0 Å². The van der Waals surface area contributed by atoms with E-state index >= 15 is 0 Å². The Bertz CT molecular complexity index is 462. The quantitative estimate of drug-likeness (QED) is 0.822. The molecule has 0 aromatic carbocycles. The van der Waals surface area contributed by atoms with Crippen LogP contribution in [0.15, 0.2) is 0 Å². The van der Waals surface area contributed by atoms with Gasteiger partial charge in [0, 0.05) is 0 Å². The molecule has 1 fully saturated rings. The molecule has 0 aromatic rings. The molecule has 0 spiro atoms. The van der Waals surface area contributed by atoms with Crippen molar-refractivity contribution in [1.29, 1.82) is 0 Å². The minimum Gasteiger partial charge on any atom is -0.254 e. The smallest absolute Gasteiger partial charge is 0.254 e. The highest BCUT2D eigenvalue weighted by Gasteiger charge is 2.48. The number of sulfonamides is 1. The Kier molecular flexibility index (Phi) is 4.06. The molecule has 0 aromatic heterocycles. The second-order valence-corrected chi connectivity index (χ2v) is 6.73. The molecule has 0 unspecified atom stereocenters. The van der Waals surface area contributed by atoms with Crippen LogP contribution in [0.5, 0.6) is 0 Å². The molecule has 0 aliphatic heterocycles. The van der Waals surface area contributed by atoms with Crippen molar-refractivity contribution in [2.75, 3.05) is 0 Å². The van der Waals surface area contributed by atoms with E-state index in [0.29, 0.717) is 29.8 Å². The molecule has 0 heterocycles. The van der Waals surface area contributed by atoms with E-state index < -0.39 is 31.9 Å². The van der Waals surface area contributed by atoms with E-state index in [4.69, 9.17) is 0 Å². The summed E-state index contributed by atoms with van der Waals surface area (Å²) in [5, 5.41) is 0. The van der Waals surface area contributed by atoms with Gasteiger partial charge in [0.15, 0.2) is 0 Å². The molecule has 0 radical (unpaired) electrons. The first-order valence-electron chi connectivity index (χ1n) is 4.56. The lowest BCUT2D eigenvalue weighted by atomic mass is 10.3. The monoisotopic (exact) mass is 297 g/mol. The third-order valence-electron chi connectivity index (χ3n) is 2.08. The van der Waals surface area contributed by atoms with Crippen LogP contribution in [-0.2, 0) is 24.5 Å². The zero-order valence-corrected chi connectivity index (χ0v) is 10.0. The van der Waals surface area contributed by atoms with Crippen molar-refractivity contribution in [2.45, 2.75) is 37.3 Å². The van der Waals surface area contributed by atoms with E-state index in [9.17, 15) is 30.0 Å². The van der Waals surface area contributed by atoms with E-state index in [1.54, 1.807) is 0 Å². The van der Waals surface area contributed by atoms with Gasteiger partial charge < -0.3 is 0 Å². The number of hydrogen-bond acceptors (Lipinski definition) is 5. The molecule has 0 amide bonds. The fraction of sp³-hybridized carbons (Fsp3) is 1.00. The number of alkyl halides is 3. The van der Waals surface area contributed by atoms with Crippen molar-refractivity contribution >= 4 is 20.3 Å². The van der Waals surface area contributed by atoms with Gasteiger partial charge in [0.2, 0.25) is 0 Å². The molecule has 1 saturated carbocycles. The van der Waals surface area contributed by atoms with Gasteiger partial charge in [-0.25, -0.2) is 8.42 Å². The molecule has 6 nitrogen and oxygen atoms in total. The highest BCUT2D eigenvalue weighted by molar-refractivity contribution is 8.03. The van der Waals surface area contributed by atoms with Gasteiger partial charge in [-0.3, -0.25) is 4.18 Å². The van der Waals surface area contributed by atoms with Crippen LogP contribution in [0.4, 0.5) is 13.2 Å². The van der Waals surface area contributed by atoms with Crippen LogP contribution in [0, 0.1) is 0 Å². The second-order valence-electron chi connectivity index (χ2n) is 3.49. The molecule has 0 saturated heterocycles. The fourth-order valence-electron chi connectivity index (χ4n) is 1.36. The maximum atomic E-state index is 11.9. The third-order valence-corrected chi connectivity index (χ3v) is 4.91. The highest BCUT2D eigenvalue weighted by Crippen LogP contribution is 2.25. The van der Waals surface area contributed by atoms with Crippen molar-refractivity contribution in [3.8, 4) is 0 Å². The van der Waals surface area contributed by atoms with Crippen LogP contribution in [0.3, 0.4) is 0 Å². The molecule has 102 valence electrons. The van der Waals surface area contributed by atoms with E-state index in [1.807, 2.05) is 0 Å². The van der Waals surface area contributed by atoms with E-state index in [1.165, 1.54) is 0 Å². The average molecular weight is 297 g/mol. The molecule has 17 heavy (non-hydrogen) atoms. The first-order valence-corrected chi connectivity index (χ1v) is 7.46. The fourth-order valence-corrected chi connectivity index (χ4v) is 3.53. The zero-order valence-electron chi connectivity index (χ0n) is 8.40. The lowest BCUT2D eigenvalue weighted by Crippen LogP contribution is -2.41. The molecular formula is C6H10F3NO5S2. The van der Waals surface area contributed by atoms with Gasteiger partial charge in [0.25, 0.3) is 0 Å². The topological polar surface area (TPSA) is 89.5 Å². The van der Waals surface area contributed by atoms with Gasteiger partial charge in [-0.1, -0.05) is 17.0 Å². The third kappa shape index (κ3) is 4.08. The molecule has 0 atom stereocenters. The van der Waals surface area contributed by atoms with Crippen LogP contribution in [0.1, 0.15) is 25.7 Å². The van der Waals surface area contributed by atoms with Crippen LogP contribution in [0.25, 0.3) is 0 Å². The highest BCUT2D eigenvalue weighted by atomic mass is 32.3. The van der Waals surface area contributed by atoms with Crippen molar-refractivity contribution in [3.63, 3.8) is 0 Å². The Morgan fingerprint density at radius 3 is 1.94 bits per heavy atom. The SMILES string of the molecule is O=S(=O)(NS(=O)(=O)C(F)(F)F)OC1CCCC1. The average Bonchev–Trinajstić information content (AvgIpc) is 2.50. The normalized spacial score (nSPS) is 19.7. The number of halogens is 3. The predicted octanol–water partition coefficient (Wildman–Crippen LogP) is 0.630. The Labute approximate surface area is 96.4 Å². The van der Waals surface area contributed by atoms with Crippen molar-refractivity contribution in [2.24, 2.45) is 0 Å². The number of hydrogen-bond donors (Lipinski definition) is 1. The van der Waals surface area contributed by atoms with Gasteiger partial charge in [0.1, 0.15) is 0 Å². The summed E-state index contributed by atoms with van der Waals surface area (Å²) in [5.41, 5.74) is -5.70. The van der Waals surface area contributed by atoms with Gasteiger partial charge >= 0.3 is 25.8 Å². The summed E-state index contributed by atoms with van der Waals surface area (Å²) >= 11 is 0. The molecule has 1 aliphatic rings. The van der Waals surface area contributed by atoms with Crippen molar-refractivity contribution < 1.29 is 34.2 Å². The van der Waals surface area contributed by atoms with Crippen molar-refractivity contribution in [3.05, 3.63) is 0 Å². The second kappa shape index (κ2) is 4.71. The summed E-state index contributed by atoms with van der Waals surface area (Å²) in [4.78, 5) is 0. The van der Waals surface area contributed by atoms with Gasteiger partial charge in [-0.2, -0.15) is 21.6 Å². The van der Waals surface area contributed by atoms with Gasteiger partial charge in [0.05, 0.1) is 6.10 Å². The Morgan fingerprint density at radius 2 is 1.53 bits per heavy atom. The first kappa shape index (κ1) is 14.7. The minimum atomic E-state index is -5.96. The maximum Gasteiger partial charge on any atom is 0.512 e. The zero-order chi connectivity index (χ0) is 13.3. The van der Waals surface area contributed by atoms with E-state index in [2.05, 4.69) is 4.18 Å². The summed E-state index contributed by atoms with van der Waals surface area (Å²) in [6.45, 7) is 0. The Balaban J connectivity index is 2.73. The maximum absolute atomic E-state index is 11.9. The lowest BCUT2D eigenvalue weighted by molar-refractivity contribution is -0.0442. The molecule has 1 N–H and O–H groups in total. The van der Waals surface area contributed by atoms with Gasteiger partial charge in [-0.15, -0.1) is 0 Å². The van der Waals surface area contributed by atoms with Crippen LogP contribution in [-0.4, -0.2) is 28.4 Å². The van der Waals surface area contributed by atoms with Crippen LogP contribution < -0.4 is 4.13 Å². The predicted molar refractivity (Wildman–Crippen MR) is 50.4 cm³/mol. The summed E-state index contributed by atoms with van der Waals surface area (Å²) in [5.74, 6) is 0. The summed E-state index contributed by atoms with van der Waals surface area (Å²) in [6, 6.07) is 0. The standard InChI is InChI=1S/C6H10F3NO5S2/c7-6(8,9)16(11,12)10-17(13,14)15-5-3-1-2-4-5/h5,10H,1-4H2. The van der Waals surface area contributed by atoms with E-state index in [-0.39, 0.29) is 0 Å². The Hall–Kier alpha value is -0.390. The Morgan fingerprint density at radius 1 is 1.06 bits per heavy atom. The molecule has 1 rings (SSSR count). The summed E-state index contributed by atoms with van der Waals surface area (Å²) in [6.07, 6.45) is 1.34. The van der Waals surface area contributed by atoms with Crippen molar-refractivity contribution in [1.82, 2.24) is 4.13 Å². The molecule has 11 heteroatoms. The molecular weight excluding hydrogens is 287 g/mol. The first-order chi connectivity index (χ1) is 7.54. The lowest BCUT2D eigenvalue weighted by Gasteiger charge is -2.13. The molecule has 1 aliphatic carbocycles. The number of rotatable bonds is 4. The summed E-state index contributed by atoms with van der Waals surface area (Å²) in [7, 11) is -10.9. The molecule has 0 bridgehead atoms. The largest absolute Gasteiger partial charge is 0.512 e.